The van der Waals surface area contributed by atoms with Gasteiger partial charge in [0.2, 0.25) is 0 Å². The molecule has 4 nitrogen and oxygen atoms in total. The summed E-state index contributed by atoms with van der Waals surface area (Å²) in [4.78, 5) is 6.28. The lowest BCUT2D eigenvalue weighted by molar-refractivity contribution is 0.194. The quantitative estimate of drug-likeness (QED) is 0.925. The predicted octanol–water partition coefficient (Wildman–Crippen LogP) is 2.64. The van der Waals surface area contributed by atoms with Gasteiger partial charge in [-0.05, 0) is 36.8 Å². The smallest absolute Gasteiger partial charge is 0.0991 e. The Morgan fingerprint density at radius 3 is 2.75 bits per heavy atom. The van der Waals surface area contributed by atoms with E-state index < -0.39 is 6.10 Å². The van der Waals surface area contributed by atoms with Gasteiger partial charge in [-0.1, -0.05) is 12.1 Å². The van der Waals surface area contributed by atoms with Crippen LogP contribution in [0.4, 0.5) is 5.69 Å². The summed E-state index contributed by atoms with van der Waals surface area (Å²) in [6.07, 6.45) is 1.19. The zero-order chi connectivity index (χ0) is 14.5. The third kappa shape index (κ3) is 3.34. The average Bonchev–Trinajstić information content (AvgIpc) is 2.47. The molecule has 2 rings (SSSR count). The fourth-order valence-corrected chi connectivity index (χ4v) is 1.97. The molecule has 1 aromatic carbocycles. The number of nitrogens with zero attached hydrogens (tertiary/aromatic N) is 3. The summed E-state index contributed by atoms with van der Waals surface area (Å²) in [5, 5.41) is 18.3. The van der Waals surface area contributed by atoms with Crippen LogP contribution in [-0.4, -0.2) is 17.1 Å². The Labute approximate surface area is 118 Å². The number of hydrogen-bond donors (Lipinski definition) is 1. The molecule has 0 saturated carbocycles. The highest BCUT2D eigenvalue weighted by molar-refractivity contribution is 5.45. The van der Waals surface area contributed by atoms with Crippen LogP contribution in [0.1, 0.15) is 29.8 Å². The molecule has 1 N–H and O–H groups in total. The molecule has 0 bridgehead atoms. The van der Waals surface area contributed by atoms with Gasteiger partial charge in [0.15, 0.2) is 0 Å². The molecule has 0 aliphatic heterocycles. The van der Waals surface area contributed by atoms with Crippen LogP contribution in [0, 0.1) is 11.3 Å². The summed E-state index contributed by atoms with van der Waals surface area (Å²) < 4.78 is 0. The number of nitriles is 1. The first kappa shape index (κ1) is 14.0. The summed E-state index contributed by atoms with van der Waals surface area (Å²) in [5.74, 6) is 0. The molecule has 0 radical (unpaired) electrons. The van der Waals surface area contributed by atoms with E-state index in [1.807, 2.05) is 37.4 Å². The highest BCUT2D eigenvalue weighted by atomic mass is 16.3. The van der Waals surface area contributed by atoms with E-state index in [0.717, 1.165) is 11.3 Å². The van der Waals surface area contributed by atoms with Gasteiger partial charge in [0.05, 0.1) is 35.3 Å². The van der Waals surface area contributed by atoms with Crippen molar-refractivity contribution in [1.29, 1.82) is 5.26 Å². The monoisotopic (exact) mass is 267 g/mol. The van der Waals surface area contributed by atoms with Crippen LogP contribution >= 0.6 is 0 Å². The summed E-state index contributed by atoms with van der Waals surface area (Å²) in [6, 6.07) is 13.5. The van der Waals surface area contributed by atoms with Crippen LogP contribution in [-0.2, 0) is 6.54 Å². The molecule has 0 amide bonds. The Kier molecular flexibility index (Phi) is 4.34. The Morgan fingerprint density at radius 2 is 2.15 bits per heavy atom. The molecule has 102 valence electrons. The molecular weight excluding hydrogens is 250 g/mol. The van der Waals surface area contributed by atoms with Crippen LogP contribution < -0.4 is 4.90 Å². The maximum absolute atomic E-state index is 9.44. The van der Waals surface area contributed by atoms with Crippen LogP contribution in [0.15, 0.2) is 42.6 Å². The van der Waals surface area contributed by atoms with Gasteiger partial charge in [-0.25, -0.2) is 0 Å². The molecule has 1 heterocycles. The largest absolute Gasteiger partial charge is 0.387 e. The third-order valence-corrected chi connectivity index (χ3v) is 3.12. The van der Waals surface area contributed by atoms with Gasteiger partial charge in [0, 0.05) is 13.6 Å². The molecule has 0 spiro atoms. The molecule has 1 unspecified atom stereocenters. The van der Waals surface area contributed by atoms with Crippen molar-refractivity contribution in [2.45, 2.75) is 19.6 Å². The van der Waals surface area contributed by atoms with Crippen LogP contribution in [0.5, 0.6) is 0 Å². The lowest BCUT2D eigenvalue weighted by Gasteiger charge is -2.19. The highest BCUT2D eigenvalue weighted by Crippen LogP contribution is 2.17. The zero-order valence-electron chi connectivity index (χ0n) is 11.6. The summed E-state index contributed by atoms with van der Waals surface area (Å²) in [6.45, 7) is 2.39. The Bertz CT molecular complexity index is 614. The SMILES string of the molecule is CC(O)c1ccc(N(C)Cc2cccc(C#N)c2)cn1. The summed E-state index contributed by atoms with van der Waals surface area (Å²) in [5.41, 5.74) is 3.37. The predicted molar refractivity (Wildman–Crippen MR) is 78.1 cm³/mol. The van der Waals surface area contributed by atoms with Crippen molar-refractivity contribution in [1.82, 2.24) is 4.98 Å². The van der Waals surface area contributed by atoms with E-state index in [-0.39, 0.29) is 0 Å². The average molecular weight is 267 g/mol. The van der Waals surface area contributed by atoms with Gasteiger partial charge in [-0.3, -0.25) is 4.98 Å². The van der Waals surface area contributed by atoms with Crippen molar-refractivity contribution in [3.63, 3.8) is 0 Å². The van der Waals surface area contributed by atoms with Crippen molar-refractivity contribution >= 4 is 5.69 Å². The minimum absolute atomic E-state index is 0.554. The molecule has 0 saturated heterocycles. The molecule has 1 aromatic heterocycles. The number of aliphatic hydroxyl groups excluding tert-OH is 1. The minimum atomic E-state index is -0.554. The number of aromatic nitrogens is 1. The first-order valence-electron chi connectivity index (χ1n) is 6.44. The third-order valence-electron chi connectivity index (χ3n) is 3.12. The van der Waals surface area contributed by atoms with Crippen LogP contribution in [0.25, 0.3) is 0 Å². The Hall–Kier alpha value is -2.38. The van der Waals surface area contributed by atoms with Gasteiger partial charge in [-0.15, -0.1) is 0 Å². The van der Waals surface area contributed by atoms with E-state index in [0.29, 0.717) is 17.8 Å². The Morgan fingerprint density at radius 1 is 1.35 bits per heavy atom. The summed E-state index contributed by atoms with van der Waals surface area (Å²) >= 11 is 0. The van der Waals surface area contributed by atoms with Crippen LogP contribution in [0.3, 0.4) is 0 Å². The van der Waals surface area contributed by atoms with E-state index in [1.165, 1.54) is 0 Å². The second kappa shape index (κ2) is 6.18. The molecule has 1 atom stereocenters. The molecule has 20 heavy (non-hydrogen) atoms. The minimum Gasteiger partial charge on any atom is -0.387 e. The number of anilines is 1. The van der Waals surface area contributed by atoms with Crippen molar-refractivity contribution in [3.8, 4) is 6.07 Å². The first-order valence-corrected chi connectivity index (χ1v) is 6.44. The Balaban J connectivity index is 2.11. The van der Waals surface area contributed by atoms with Gasteiger partial charge in [-0.2, -0.15) is 5.26 Å². The fraction of sp³-hybridized carbons (Fsp3) is 0.250. The number of aliphatic hydroxyl groups is 1. The molecule has 0 fully saturated rings. The van der Waals surface area contributed by atoms with Gasteiger partial charge < -0.3 is 10.0 Å². The number of hydrogen-bond acceptors (Lipinski definition) is 4. The van der Waals surface area contributed by atoms with Gasteiger partial charge >= 0.3 is 0 Å². The lowest BCUT2D eigenvalue weighted by Crippen LogP contribution is -2.16. The van der Waals surface area contributed by atoms with Crippen molar-refractivity contribution in [2.75, 3.05) is 11.9 Å². The van der Waals surface area contributed by atoms with Gasteiger partial charge in [0.1, 0.15) is 0 Å². The number of benzene rings is 1. The van der Waals surface area contributed by atoms with Crippen LogP contribution in [0.2, 0.25) is 0 Å². The van der Waals surface area contributed by atoms with E-state index in [1.54, 1.807) is 19.2 Å². The van der Waals surface area contributed by atoms with E-state index in [2.05, 4.69) is 16.0 Å². The second-order valence-electron chi connectivity index (χ2n) is 4.79. The highest BCUT2D eigenvalue weighted by Gasteiger charge is 2.06. The number of pyridine rings is 1. The molecule has 4 heteroatoms. The standard InChI is InChI=1S/C16H17N3O/c1-12(20)16-7-6-15(10-18-16)19(2)11-14-5-3-4-13(8-14)9-17/h3-8,10,12,20H,11H2,1-2H3. The number of rotatable bonds is 4. The lowest BCUT2D eigenvalue weighted by atomic mass is 10.1. The summed E-state index contributed by atoms with van der Waals surface area (Å²) in [7, 11) is 1.97. The second-order valence-corrected chi connectivity index (χ2v) is 4.79. The molecule has 0 aliphatic rings. The van der Waals surface area contributed by atoms with Crippen molar-refractivity contribution < 1.29 is 5.11 Å². The van der Waals surface area contributed by atoms with E-state index >= 15 is 0 Å². The maximum Gasteiger partial charge on any atom is 0.0991 e. The maximum atomic E-state index is 9.44. The first-order chi connectivity index (χ1) is 9.60. The van der Waals surface area contributed by atoms with Crippen molar-refractivity contribution in [3.05, 3.63) is 59.4 Å². The topological polar surface area (TPSA) is 60.1 Å². The molecule has 2 aromatic rings. The van der Waals surface area contributed by atoms with E-state index in [9.17, 15) is 5.11 Å². The zero-order valence-corrected chi connectivity index (χ0v) is 11.6. The van der Waals surface area contributed by atoms with Gasteiger partial charge in [0.25, 0.3) is 0 Å². The molecular formula is C16H17N3O. The van der Waals surface area contributed by atoms with Crippen molar-refractivity contribution in [2.24, 2.45) is 0 Å². The fourth-order valence-electron chi connectivity index (χ4n) is 1.97. The molecule has 0 aliphatic carbocycles. The van der Waals surface area contributed by atoms with E-state index in [4.69, 9.17) is 5.26 Å². The normalized spacial score (nSPS) is 11.7.